The molecule has 0 amide bonds. The van der Waals surface area contributed by atoms with E-state index in [1.165, 1.54) is 24.9 Å². The van der Waals surface area contributed by atoms with Crippen molar-refractivity contribution in [1.29, 1.82) is 0 Å². The van der Waals surface area contributed by atoms with E-state index in [1.54, 1.807) is 0 Å². The van der Waals surface area contributed by atoms with E-state index in [2.05, 4.69) is 36.9 Å². The van der Waals surface area contributed by atoms with Crippen molar-refractivity contribution >= 4 is 0 Å². The molecule has 1 aromatic rings. The second kappa shape index (κ2) is 6.61. The minimum atomic E-state index is 1.07. The summed E-state index contributed by atoms with van der Waals surface area (Å²) in [6.45, 7) is 7.89. The maximum atomic E-state index is 3.05. The Labute approximate surface area is 87.7 Å². The zero-order valence-electron chi connectivity index (χ0n) is 9.29. The molecule has 1 heteroatoms. The van der Waals surface area contributed by atoms with Gasteiger partial charge in [-0.15, -0.1) is 0 Å². The van der Waals surface area contributed by atoms with Gasteiger partial charge in [-0.25, -0.2) is 0 Å². The molecular formula is C13H20N. The van der Waals surface area contributed by atoms with Crippen LogP contribution in [0.5, 0.6) is 0 Å². The SMILES string of the molecule is CCCCN(CC)Cc1cc[c]cc1. The molecule has 77 valence electrons. The van der Waals surface area contributed by atoms with Gasteiger partial charge in [0.05, 0.1) is 0 Å². The van der Waals surface area contributed by atoms with Crippen LogP contribution in [0.25, 0.3) is 0 Å². The fraction of sp³-hybridized carbons (Fsp3) is 0.538. The van der Waals surface area contributed by atoms with Crippen molar-refractivity contribution in [2.24, 2.45) is 0 Å². The predicted molar refractivity (Wildman–Crippen MR) is 61.1 cm³/mol. The molecule has 0 aliphatic heterocycles. The Morgan fingerprint density at radius 1 is 1.21 bits per heavy atom. The van der Waals surface area contributed by atoms with E-state index in [9.17, 15) is 0 Å². The second-order valence-electron chi connectivity index (χ2n) is 3.63. The average molecular weight is 190 g/mol. The fourth-order valence-corrected chi connectivity index (χ4v) is 1.52. The predicted octanol–water partition coefficient (Wildman–Crippen LogP) is 3.11. The molecule has 0 saturated carbocycles. The van der Waals surface area contributed by atoms with Crippen LogP contribution in [-0.2, 0) is 6.54 Å². The molecule has 0 bridgehead atoms. The highest BCUT2D eigenvalue weighted by Gasteiger charge is 2.01. The summed E-state index contributed by atoms with van der Waals surface area (Å²) in [6, 6.07) is 11.3. The van der Waals surface area contributed by atoms with E-state index >= 15 is 0 Å². The maximum absolute atomic E-state index is 3.05. The number of benzene rings is 1. The lowest BCUT2D eigenvalue weighted by molar-refractivity contribution is 0.275. The summed E-state index contributed by atoms with van der Waals surface area (Å²) in [5, 5.41) is 0. The highest BCUT2D eigenvalue weighted by Crippen LogP contribution is 2.04. The summed E-state index contributed by atoms with van der Waals surface area (Å²) in [7, 11) is 0. The molecule has 0 N–H and O–H groups in total. The van der Waals surface area contributed by atoms with Gasteiger partial charge in [-0.1, -0.05) is 44.5 Å². The van der Waals surface area contributed by atoms with E-state index in [4.69, 9.17) is 0 Å². The van der Waals surface area contributed by atoms with Gasteiger partial charge in [0, 0.05) is 6.54 Å². The molecule has 0 heterocycles. The van der Waals surface area contributed by atoms with Crippen LogP contribution in [0.1, 0.15) is 32.3 Å². The van der Waals surface area contributed by atoms with Crippen LogP contribution in [0.3, 0.4) is 0 Å². The highest BCUT2D eigenvalue weighted by atomic mass is 15.1. The van der Waals surface area contributed by atoms with Crippen LogP contribution in [0.2, 0.25) is 0 Å². The smallest absolute Gasteiger partial charge is 0.0233 e. The molecule has 0 aliphatic rings. The Morgan fingerprint density at radius 3 is 2.50 bits per heavy atom. The van der Waals surface area contributed by atoms with E-state index in [0.717, 1.165) is 13.1 Å². The number of hydrogen-bond acceptors (Lipinski definition) is 1. The van der Waals surface area contributed by atoms with Gasteiger partial charge in [0.15, 0.2) is 0 Å². The van der Waals surface area contributed by atoms with Gasteiger partial charge < -0.3 is 0 Å². The van der Waals surface area contributed by atoms with Gasteiger partial charge in [-0.05, 0) is 31.1 Å². The van der Waals surface area contributed by atoms with Crippen molar-refractivity contribution in [3.8, 4) is 0 Å². The van der Waals surface area contributed by atoms with Crippen molar-refractivity contribution in [2.45, 2.75) is 33.2 Å². The summed E-state index contributed by atoms with van der Waals surface area (Å²) in [5.41, 5.74) is 1.39. The van der Waals surface area contributed by atoms with Crippen LogP contribution < -0.4 is 0 Å². The van der Waals surface area contributed by atoms with Gasteiger partial charge in [0.25, 0.3) is 0 Å². The molecule has 1 nitrogen and oxygen atoms in total. The monoisotopic (exact) mass is 190 g/mol. The Kier molecular flexibility index (Phi) is 5.31. The van der Waals surface area contributed by atoms with Crippen LogP contribution in [-0.4, -0.2) is 18.0 Å². The zero-order chi connectivity index (χ0) is 10.2. The summed E-state index contributed by atoms with van der Waals surface area (Å²) in [6.07, 6.45) is 2.58. The van der Waals surface area contributed by atoms with Crippen molar-refractivity contribution < 1.29 is 0 Å². The molecule has 0 unspecified atom stereocenters. The van der Waals surface area contributed by atoms with Crippen LogP contribution in [0.4, 0.5) is 0 Å². The molecule has 0 aliphatic carbocycles. The Hall–Kier alpha value is -0.820. The van der Waals surface area contributed by atoms with Gasteiger partial charge in [-0.3, -0.25) is 4.90 Å². The number of rotatable bonds is 6. The minimum Gasteiger partial charge on any atom is -0.299 e. The number of hydrogen-bond donors (Lipinski definition) is 0. The first-order valence-corrected chi connectivity index (χ1v) is 5.54. The lowest BCUT2D eigenvalue weighted by atomic mass is 10.2. The first-order valence-electron chi connectivity index (χ1n) is 5.54. The van der Waals surface area contributed by atoms with Gasteiger partial charge in [-0.2, -0.15) is 0 Å². The molecule has 0 fully saturated rings. The molecule has 14 heavy (non-hydrogen) atoms. The number of nitrogens with zero attached hydrogens (tertiary/aromatic N) is 1. The summed E-state index contributed by atoms with van der Waals surface area (Å²) in [5.74, 6) is 0. The van der Waals surface area contributed by atoms with Crippen molar-refractivity contribution in [1.82, 2.24) is 4.90 Å². The van der Waals surface area contributed by atoms with E-state index in [1.807, 2.05) is 12.1 Å². The molecular weight excluding hydrogens is 170 g/mol. The zero-order valence-corrected chi connectivity index (χ0v) is 9.29. The van der Waals surface area contributed by atoms with Crippen molar-refractivity contribution in [3.63, 3.8) is 0 Å². The van der Waals surface area contributed by atoms with E-state index < -0.39 is 0 Å². The fourth-order valence-electron chi connectivity index (χ4n) is 1.52. The van der Waals surface area contributed by atoms with Crippen LogP contribution in [0.15, 0.2) is 24.3 Å². The minimum absolute atomic E-state index is 1.07. The third kappa shape index (κ3) is 3.93. The summed E-state index contributed by atoms with van der Waals surface area (Å²) < 4.78 is 0. The Morgan fingerprint density at radius 2 is 1.93 bits per heavy atom. The largest absolute Gasteiger partial charge is 0.299 e. The van der Waals surface area contributed by atoms with Gasteiger partial charge >= 0.3 is 0 Å². The topological polar surface area (TPSA) is 3.24 Å². The molecule has 1 aromatic carbocycles. The molecule has 1 radical (unpaired) electrons. The highest BCUT2D eigenvalue weighted by molar-refractivity contribution is 5.13. The maximum Gasteiger partial charge on any atom is 0.0233 e. The Bertz CT molecular complexity index is 230. The third-order valence-corrected chi connectivity index (χ3v) is 2.47. The van der Waals surface area contributed by atoms with Crippen LogP contribution in [0, 0.1) is 6.07 Å². The van der Waals surface area contributed by atoms with Crippen molar-refractivity contribution in [2.75, 3.05) is 13.1 Å². The molecule has 0 aromatic heterocycles. The molecule has 1 rings (SSSR count). The van der Waals surface area contributed by atoms with E-state index in [0.29, 0.717) is 0 Å². The van der Waals surface area contributed by atoms with Crippen molar-refractivity contribution in [3.05, 3.63) is 35.9 Å². The quantitative estimate of drug-likeness (QED) is 0.666. The first kappa shape index (κ1) is 11.3. The first-order chi connectivity index (χ1) is 6.86. The second-order valence-corrected chi connectivity index (χ2v) is 3.63. The lowest BCUT2D eigenvalue weighted by Crippen LogP contribution is -2.23. The lowest BCUT2D eigenvalue weighted by Gasteiger charge is -2.19. The average Bonchev–Trinajstić information content (AvgIpc) is 2.25. The van der Waals surface area contributed by atoms with E-state index in [-0.39, 0.29) is 0 Å². The molecule has 0 spiro atoms. The standard InChI is InChI=1S/C13H20N/c1-3-5-11-14(4-2)12-13-9-7-6-8-10-13/h7-10H,3-5,11-12H2,1-2H3. The Balaban J connectivity index is 2.40. The number of unbranched alkanes of at least 4 members (excludes halogenated alkanes) is 1. The summed E-state index contributed by atoms with van der Waals surface area (Å²) in [4.78, 5) is 2.48. The normalized spacial score (nSPS) is 10.8. The third-order valence-electron chi connectivity index (χ3n) is 2.47. The molecule has 0 atom stereocenters. The van der Waals surface area contributed by atoms with Gasteiger partial charge in [0.2, 0.25) is 0 Å². The van der Waals surface area contributed by atoms with Crippen LogP contribution >= 0.6 is 0 Å². The summed E-state index contributed by atoms with van der Waals surface area (Å²) >= 11 is 0. The molecule has 0 saturated heterocycles. The van der Waals surface area contributed by atoms with Gasteiger partial charge in [0.1, 0.15) is 0 Å².